The molecule has 1 heteroatoms. The van der Waals surface area contributed by atoms with E-state index < -0.39 is 0 Å². The van der Waals surface area contributed by atoms with E-state index in [1.165, 1.54) is 0 Å². The van der Waals surface area contributed by atoms with E-state index in [2.05, 4.69) is 19.1 Å². The summed E-state index contributed by atoms with van der Waals surface area (Å²) in [6.07, 6.45) is 5.34. The maximum Gasteiger partial charge on any atom is -0.00718 e. The molecule has 0 aromatic rings. The largest absolute Gasteiger partial charge is 0.330 e. The second-order valence-corrected chi connectivity index (χ2v) is 2.08. The van der Waals surface area contributed by atoms with E-state index in [4.69, 9.17) is 5.73 Å². The summed E-state index contributed by atoms with van der Waals surface area (Å²) < 4.78 is 0. The molecule has 0 heterocycles. The molecule has 8 heavy (non-hydrogen) atoms. The average Bonchev–Trinajstić information content (AvgIpc) is 1.68. The highest BCUT2D eigenvalue weighted by Gasteiger charge is 1.90. The van der Waals surface area contributed by atoms with Crippen LogP contribution in [-0.4, -0.2) is 6.54 Å². The highest BCUT2D eigenvalue weighted by molar-refractivity contribution is 4.82. The highest BCUT2D eigenvalue weighted by atomic mass is 14.5. The molecule has 0 spiro atoms. The fourth-order valence-electron chi connectivity index (χ4n) is 0.688. The molecule has 0 fully saturated rings. The molecular weight excluding hydrogens is 98.1 g/mol. The Morgan fingerprint density at radius 2 is 2.25 bits per heavy atom. The standard InChI is InChI=1S/C7H15N/c1-3-4-7(2)5-6-8/h3-4,7H,5-6,8H2,1-2H3. The Hall–Kier alpha value is -0.300. The Kier molecular flexibility index (Phi) is 4.67. The molecule has 0 rings (SSSR count). The molecule has 1 nitrogen and oxygen atoms in total. The van der Waals surface area contributed by atoms with E-state index in [0.29, 0.717) is 5.92 Å². The Morgan fingerprint density at radius 3 is 2.62 bits per heavy atom. The second-order valence-electron chi connectivity index (χ2n) is 2.08. The molecule has 2 N–H and O–H groups in total. The molecular formula is C7H15N. The minimum atomic E-state index is 0.657. The van der Waals surface area contributed by atoms with Gasteiger partial charge in [-0.25, -0.2) is 0 Å². The number of allylic oxidation sites excluding steroid dienone is 2. The van der Waals surface area contributed by atoms with Crippen molar-refractivity contribution in [1.82, 2.24) is 0 Å². The van der Waals surface area contributed by atoms with Crippen LogP contribution in [-0.2, 0) is 0 Å². The van der Waals surface area contributed by atoms with Crippen molar-refractivity contribution in [3.8, 4) is 0 Å². The molecule has 0 aliphatic carbocycles. The predicted molar refractivity (Wildman–Crippen MR) is 37.6 cm³/mol. The Bertz CT molecular complexity index is 66.8. The molecule has 0 saturated heterocycles. The van der Waals surface area contributed by atoms with Gasteiger partial charge in [-0.05, 0) is 25.8 Å². The summed E-state index contributed by atoms with van der Waals surface area (Å²) in [6, 6.07) is 0. The van der Waals surface area contributed by atoms with Gasteiger partial charge in [-0.3, -0.25) is 0 Å². The molecule has 0 aromatic heterocycles. The average molecular weight is 113 g/mol. The van der Waals surface area contributed by atoms with Crippen LogP contribution in [0.4, 0.5) is 0 Å². The Balaban J connectivity index is 3.17. The molecule has 0 aliphatic rings. The smallest absolute Gasteiger partial charge is 0.00718 e. The van der Waals surface area contributed by atoms with Crippen molar-refractivity contribution in [2.24, 2.45) is 11.7 Å². The summed E-state index contributed by atoms with van der Waals surface area (Å²) in [6.45, 7) is 5.01. The molecule has 0 saturated carbocycles. The van der Waals surface area contributed by atoms with Crippen LogP contribution in [0.2, 0.25) is 0 Å². The van der Waals surface area contributed by atoms with Crippen LogP contribution >= 0.6 is 0 Å². The zero-order valence-electron chi connectivity index (χ0n) is 5.72. The van der Waals surface area contributed by atoms with Crippen LogP contribution < -0.4 is 5.73 Å². The Morgan fingerprint density at radius 1 is 1.62 bits per heavy atom. The molecule has 48 valence electrons. The lowest BCUT2D eigenvalue weighted by molar-refractivity contribution is 0.658. The zero-order chi connectivity index (χ0) is 6.41. The first-order valence-corrected chi connectivity index (χ1v) is 3.14. The predicted octanol–water partition coefficient (Wildman–Crippen LogP) is 1.55. The number of nitrogens with two attached hydrogens (primary N) is 1. The summed E-state index contributed by atoms with van der Waals surface area (Å²) in [5, 5.41) is 0. The molecule has 0 bridgehead atoms. The summed E-state index contributed by atoms with van der Waals surface area (Å²) in [5.74, 6) is 0.657. The maximum atomic E-state index is 5.33. The van der Waals surface area contributed by atoms with Gasteiger partial charge in [0.15, 0.2) is 0 Å². The van der Waals surface area contributed by atoms with Gasteiger partial charge in [0.05, 0.1) is 0 Å². The van der Waals surface area contributed by atoms with Gasteiger partial charge in [0.25, 0.3) is 0 Å². The number of hydrogen-bond acceptors (Lipinski definition) is 1. The van der Waals surface area contributed by atoms with Gasteiger partial charge in [0.1, 0.15) is 0 Å². The van der Waals surface area contributed by atoms with Crippen molar-refractivity contribution >= 4 is 0 Å². The van der Waals surface area contributed by atoms with Gasteiger partial charge in [-0.1, -0.05) is 19.1 Å². The van der Waals surface area contributed by atoms with Crippen molar-refractivity contribution in [1.29, 1.82) is 0 Å². The van der Waals surface area contributed by atoms with Gasteiger partial charge in [0.2, 0.25) is 0 Å². The van der Waals surface area contributed by atoms with E-state index >= 15 is 0 Å². The summed E-state index contributed by atoms with van der Waals surface area (Å²) in [7, 11) is 0. The highest BCUT2D eigenvalue weighted by Crippen LogP contribution is 2.00. The topological polar surface area (TPSA) is 26.0 Å². The molecule has 0 aliphatic heterocycles. The van der Waals surface area contributed by atoms with Gasteiger partial charge in [-0.15, -0.1) is 0 Å². The first kappa shape index (κ1) is 7.70. The lowest BCUT2D eigenvalue weighted by atomic mass is 10.1. The van der Waals surface area contributed by atoms with E-state index in [9.17, 15) is 0 Å². The van der Waals surface area contributed by atoms with Crippen molar-refractivity contribution in [2.75, 3.05) is 6.54 Å². The van der Waals surface area contributed by atoms with E-state index in [-0.39, 0.29) is 0 Å². The lowest BCUT2D eigenvalue weighted by Crippen LogP contribution is -2.03. The molecule has 1 atom stereocenters. The molecule has 0 amide bonds. The van der Waals surface area contributed by atoms with Crippen LogP contribution in [0.5, 0.6) is 0 Å². The lowest BCUT2D eigenvalue weighted by Gasteiger charge is -1.99. The number of rotatable bonds is 3. The molecule has 1 unspecified atom stereocenters. The van der Waals surface area contributed by atoms with Gasteiger partial charge in [-0.2, -0.15) is 0 Å². The van der Waals surface area contributed by atoms with Crippen molar-refractivity contribution < 1.29 is 0 Å². The molecule has 0 aromatic carbocycles. The number of hydrogen-bond donors (Lipinski definition) is 1. The SMILES string of the molecule is CC=CC(C)CCN. The van der Waals surface area contributed by atoms with Crippen LogP contribution in [0.25, 0.3) is 0 Å². The van der Waals surface area contributed by atoms with Gasteiger partial charge < -0.3 is 5.73 Å². The third-order valence-corrected chi connectivity index (χ3v) is 1.14. The monoisotopic (exact) mass is 113 g/mol. The fraction of sp³-hybridized carbons (Fsp3) is 0.714. The summed E-state index contributed by atoms with van der Waals surface area (Å²) in [5.41, 5.74) is 5.33. The van der Waals surface area contributed by atoms with Gasteiger partial charge in [0, 0.05) is 0 Å². The second kappa shape index (κ2) is 4.85. The van der Waals surface area contributed by atoms with Gasteiger partial charge >= 0.3 is 0 Å². The summed E-state index contributed by atoms with van der Waals surface area (Å²) in [4.78, 5) is 0. The van der Waals surface area contributed by atoms with Crippen LogP contribution in [0.3, 0.4) is 0 Å². The third-order valence-electron chi connectivity index (χ3n) is 1.14. The van der Waals surface area contributed by atoms with Crippen molar-refractivity contribution in [2.45, 2.75) is 20.3 Å². The van der Waals surface area contributed by atoms with Crippen molar-refractivity contribution in [3.05, 3.63) is 12.2 Å². The maximum absolute atomic E-state index is 5.33. The minimum Gasteiger partial charge on any atom is -0.330 e. The first-order chi connectivity index (χ1) is 3.81. The first-order valence-electron chi connectivity index (χ1n) is 3.14. The third kappa shape index (κ3) is 3.88. The molecule has 0 radical (unpaired) electrons. The summed E-state index contributed by atoms with van der Waals surface area (Å²) >= 11 is 0. The van der Waals surface area contributed by atoms with E-state index in [1.807, 2.05) is 6.92 Å². The Labute approximate surface area is 51.6 Å². The quantitative estimate of drug-likeness (QED) is 0.552. The van der Waals surface area contributed by atoms with Crippen LogP contribution in [0.15, 0.2) is 12.2 Å². The van der Waals surface area contributed by atoms with Crippen LogP contribution in [0, 0.1) is 5.92 Å². The minimum absolute atomic E-state index is 0.657. The normalized spacial score (nSPS) is 14.9. The zero-order valence-corrected chi connectivity index (χ0v) is 5.72. The fourth-order valence-corrected chi connectivity index (χ4v) is 0.688. The van der Waals surface area contributed by atoms with E-state index in [0.717, 1.165) is 13.0 Å². The van der Waals surface area contributed by atoms with Crippen molar-refractivity contribution in [3.63, 3.8) is 0 Å². The van der Waals surface area contributed by atoms with E-state index in [1.54, 1.807) is 0 Å². The van der Waals surface area contributed by atoms with Crippen LogP contribution in [0.1, 0.15) is 20.3 Å².